The minimum atomic E-state index is -2.14. The van der Waals surface area contributed by atoms with Crippen molar-refractivity contribution in [1.82, 2.24) is 29.5 Å². The first-order valence-electron chi connectivity index (χ1n) is 15.2. The van der Waals surface area contributed by atoms with E-state index in [0.29, 0.717) is 17.2 Å². The van der Waals surface area contributed by atoms with Crippen LogP contribution in [0.15, 0.2) is 36.1 Å². The second-order valence-electron chi connectivity index (χ2n) is 11.8. The van der Waals surface area contributed by atoms with Crippen LogP contribution in [0.4, 0.5) is 14.5 Å². The molecule has 0 bridgehead atoms. The average molecular weight is 676 g/mol. The van der Waals surface area contributed by atoms with Gasteiger partial charge in [0.05, 0.1) is 30.1 Å². The van der Waals surface area contributed by atoms with Gasteiger partial charge < -0.3 is 35.6 Å². The summed E-state index contributed by atoms with van der Waals surface area (Å²) < 4.78 is 37.3. The van der Waals surface area contributed by atoms with Gasteiger partial charge >= 0.3 is 0 Å². The molecule has 1 amide bonds. The van der Waals surface area contributed by atoms with Crippen LogP contribution in [0.5, 0.6) is 0 Å². The molecule has 252 valence electrons. The average Bonchev–Trinajstić information content (AvgIpc) is 3.84. The summed E-state index contributed by atoms with van der Waals surface area (Å²) in [7, 11) is 0. The van der Waals surface area contributed by atoms with Gasteiger partial charge in [-0.05, 0) is 44.7 Å². The van der Waals surface area contributed by atoms with E-state index in [1.165, 1.54) is 17.8 Å². The minimum Gasteiger partial charge on any atom is -0.396 e. The Balaban J connectivity index is 1.23. The maximum Gasteiger partial charge on any atom is 0.275 e. The van der Waals surface area contributed by atoms with Crippen LogP contribution in [-0.4, -0.2) is 98.6 Å². The molecule has 5 unspecified atom stereocenters. The van der Waals surface area contributed by atoms with Gasteiger partial charge in [0.2, 0.25) is 5.95 Å². The predicted molar refractivity (Wildman–Crippen MR) is 163 cm³/mol. The summed E-state index contributed by atoms with van der Waals surface area (Å²) in [4.78, 5) is 21.5. The molecule has 4 heterocycles. The van der Waals surface area contributed by atoms with Crippen molar-refractivity contribution in [3.05, 3.63) is 53.6 Å². The van der Waals surface area contributed by atoms with Crippen molar-refractivity contribution in [1.29, 1.82) is 0 Å². The molecule has 4 aromatic heterocycles. The zero-order valence-corrected chi connectivity index (χ0v) is 26.1. The minimum absolute atomic E-state index is 0.00310. The molecule has 47 heavy (non-hydrogen) atoms. The van der Waals surface area contributed by atoms with Gasteiger partial charge in [-0.25, -0.2) is 19.0 Å². The Hall–Kier alpha value is -3.71. The van der Waals surface area contributed by atoms with Gasteiger partial charge in [0, 0.05) is 48.9 Å². The molecule has 0 saturated heterocycles. The van der Waals surface area contributed by atoms with Gasteiger partial charge in [0.15, 0.2) is 11.5 Å². The van der Waals surface area contributed by atoms with E-state index >= 15 is 0 Å². The van der Waals surface area contributed by atoms with Crippen molar-refractivity contribution in [2.75, 3.05) is 18.5 Å². The number of aliphatic hydroxyl groups excluding tert-OH is 4. The highest BCUT2D eigenvalue weighted by molar-refractivity contribution is 7.13. The number of amides is 1. The summed E-state index contributed by atoms with van der Waals surface area (Å²) in [5.74, 6) is -3.28. The number of hydrogen-bond acceptors (Lipinski definition) is 12. The molecule has 0 radical (unpaired) electrons. The first-order chi connectivity index (χ1) is 22.5. The van der Waals surface area contributed by atoms with Gasteiger partial charge in [-0.2, -0.15) is 14.6 Å². The summed E-state index contributed by atoms with van der Waals surface area (Å²) >= 11 is 1.09. The highest BCUT2D eigenvalue weighted by Gasteiger charge is 2.53. The van der Waals surface area contributed by atoms with Crippen LogP contribution < -0.4 is 5.32 Å². The van der Waals surface area contributed by atoms with E-state index in [2.05, 4.69) is 25.5 Å². The Morgan fingerprint density at radius 2 is 1.87 bits per heavy atom. The monoisotopic (exact) mass is 675 g/mol. The summed E-state index contributed by atoms with van der Waals surface area (Å²) in [5, 5.41) is 64.9. The smallest absolute Gasteiger partial charge is 0.275 e. The maximum atomic E-state index is 14.8. The quantitative estimate of drug-likeness (QED) is 0.142. The number of thiazole rings is 1. The fourth-order valence-corrected chi connectivity index (χ4v) is 7.03. The lowest BCUT2D eigenvalue weighted by molar-refractivity contribution is -0.247. The van der Waals surface area contributed by atoms with E-state index < -0.39 is 54.2 Å². The van der Waals surface area contributed by atoms with E-state index in [9.17, 15) is 39.1 Å². The molecular formula is C30H35F2N7O7S. The third-order valence-corrected chi connectivity index (χ3v) is 9.72. The van der Waals surface area contributed by atoms with Crippen molar-refractivity contribution >= 4 is 22.9 Å². The molecule has 6 N–H and O–H groups in total. The van der Waals surface area contributed by atoms with Crippen LogP contribution in [0.1, 0.15) is 55.6 Å². The normalized spacial score (nSPS) is 28.0. The number of carbonyl (C=O) groups excluding carboxylic acids is 1. The Labute approximate surface area is 271 Å². The Morgan fingerprint density at radius 3 is 2.60 bits per heavy atom. The lowest BCUT2D eigenvalue weighted by Gasteiger charge is -2.45. The molecule has 14 nitrogen and oxygen atoms in total. The van der Waals surface area contributed by atoms with Gasteiger partial charge in [-0.3, -0.25) is 9.48 Å². The number of ether oxygens (including phenoxy) is 1. The van der Waals surface area contributed by atoms with E-state index in [0.717, 1.165) is 53.8 Å². The third-order valence-electron chi connectivity index (χ3n) is 8.83. The van der Waals surface area contributed by atoms with Gasteiger partial charge in [0.1, 0.15) is 34.3 Å². The van der Waals surface area contributed by atoms with Crippen LogP contribution in [0.3, 0.4) is 0 Å². The van der Waals surface area contributed by atoms with Crippen molar-refractivity contribution in [3.63, 3.8) is 0 Å². The van der Waals surface area contributed by atoms with Crippen molar-refractivity contribution in [3.8, 4) is 22.0 Å². The summed E-state index contributed by atoms with van der Waals surface area (Å²) in [6, 6.07) is 1.79. The number of halogens is 2. The number of aromatic nitrogens is 6. The molecule has 2 fully saturated rings. The second-order valence-corrected chi connectivity index (χ2v) is 12.7. The number of rotatable bonds is 9. The molecule has 2 saturated carbocycles. The molecular weight excluding hydrogens is 640 g/mol. The van der Waals surface area contributed by atoms with Crippen LogP contribution in [0, 0.1) is 17.7 Å². The fourth-order valence-electron chi connectivity index (χ4n) is 6.25. The zero-order chi connectivity index (χ0) is 33.5. The Kier molecular flexibility index (Phi) is 9.48. The second kappa shape index (κ2) is 13.4. The summed E-state index contributed by atoms with van der Waals surface area (Å²) in [6.07, 6.45) is 2.25. The van der Waals surface area contributed by atoms with Crippen LogP contribution >= 0.6 is 11.3 Å². The van der Waals surface area contributed by atoms with Crippen LogP contribution in [0.25, 0.3) is 22.0 Å². The fraction of sp³-hybridized carbons (Fsp3) is 0.500. The highest BCUT2D eigenvalue weighted by atomic mass is 32.1. The Bertz CT molecular complexity index is 1720. The Morgan fingerprint density at radius 1 is 1.11 bits per heavy atom. The SMILES string of the molecule is CCO[C@H]1CC[C@H](n2cc(NC(=O)c3csc(-c4cnn(C5(O)CC(CO)C(O)C(O)C5O)c4)n3)c(-c3nc(F)ccc3F)n2)CC1. The molecule has 2 aliphatic carbocycles. The maximum absolute atomic E-state index is 14.8. The van der Waals surface area contributed by atoms with E-state index in [1.54, 1.807) is 10.9 Å². The first kappa shape index (κ1) is 33.2. The highest BCUT2D eigenvalue weighted by Crippen LogP contribution is 2.38. The standard InChI is InChI=1S/C30H35F2N7O7S/c1-2-46-18-5-3-17(4-6-18)38-12-20(24(37-38)23-19(31)7-8-22(32)36-23)34-28(44)21-14-47-29(35-21)16-10-33-39(11-16)30(45)9-15(13-40)25(41)26(42)27(30)43/h7-8,10-12,14-15,17-18,25-27,40-43,45H,2-6,9,13H2,1H3,(H,34,44)/t15?,17-,18-,25?,26?,27?,30?. The molecule has 6 rings (SSSR count). The van der Waals surface area contributed by atoms with Gasteiger partial charge in [-0.1, -0.05) is 0 Å². The lowest BCUT2D eigenvalue weighted by atomic mass is 9.77. The number of nitrogens with one attached hydrogen (secondary N) is 1. The number of carbonyl (C=O) groups is 1. The van der Waals surface area contributed by atoms with E-state index in [-0.39, 0.29) is 41.3 Å². The van der Waals surface area contributed by atoms with Crippen molar-refractivity contribution in [2.24, 2.45) is 5.92 Å². The molecule has 4 aromatic rings. The van der Waals surface area contributed by atoms with Crippen molar-refractivity contribution < 1.29 is 43.8 Å². The molecule has 5 atom stereocenters. The number of nitrogens with zero attached hydrogens (tertiary/aromatic N) is 6. The van der Waals surface area contributed by atoms with E-state index in [4.69, 9.17) is 4.74 Å². The van der Waals surface area contributed by atoms with Crippen LogP contribution in [0.2, 0.25) is 0 Å². The predicted octanol–water partition coefficient (Wildman–Crippen LogP) is 2.06. The molecule has 2 aliphatic rings. The molecule has 0 spiro atoms. The van der Waals surface area contributed by atoms with Gasteiger partial charge in [0.25, 0.3) is 5.91 Å². The number of pyridine rings is 1. The zero-order valence-electron chi connectivity index (χ0n) is 25.3. The molecule has 0 aromatic carbocycles. The van der Waals surface area contributed by atoms with E-state index in [1.807, 2.05) is 6.92 Å². The van der Waals surface area contributed by atoms with Crippen LogP contribution in [-0.2, 0) is 10.5 Å². The molecule has 0 aliphatic heterocycles. The third kappa shape index (κ3) is 6.43. The molecule has 17 heteroatoms. The lowest BCUT2D eigenvalue weighted by Crippen LogP contribution is -2.62. The topological polar surface area (TPSA) is 201 Å². The number of aliphatic hydroxyl groups is 5. The van der Waals surface area contributed by atoms with Gasteiger partial charge in [-0.15, -0.1) is 11.3 Å². The summed E-state index contributed by atoms with van der Waals surface area (Å²) in [5.41, 5.74) is -2.03. The number of hydrogen-bond donors (Lipinski definition) is 6. The van der Waals surface area contributed by atoms with Crippen molar-refractivity contribution in [2.45, 2.75) is 75.2 Å². The largest absolute Gasteiger partial charge is 0.396 e. The number of anilines is 1. The summed E-state index contributed by atoms with van der Waals surface area (Å²) in [6.45, 7) is 2.02. The first-order valence-corrected chi connectivity index (χ1v) is 16.1.